The van der Waals surface area contributed by atoms with Gasteiger partial charge >= 0.3 is 5.51 Å². The van der Waals surface area contributed by atoms with Crippen LogP contribution in [0.3, 0.4) is 0 Å². The van der Waals surface area contributed by atoms with Crippen molar-refractivity contribution in [3.05, 3.63) is 24.3 Å². The predicted octanol–water partition coefficient (Wildman–Crippen LogP) is 1.42. The van der Waals surface area contributed by atoms with E-state index in [1.165, 1.54) is 6.07 Å². The van der Waals surface area contributed by atoms with E-state index in [0.717, 1.165) is 18.2 Å². The van der Waals surface area contributed by atoms with Crippen LogP contribution >= 0.6 is 0 Å². The van der Waals surface area contributed by atoms with Crippen molar-refractivity contribution in [1.82, 2.24) is 0 Å². The van der Waals surface area contributed by atoms with Crippen LogP contribution in [0, 0.1) is 0 Å². The van der Waals surface area contributed by atoms with Gasteiger partial charge in [0.15, 0.2) is 6.10 Å². The Morgan fingerprint density at radius 1 is 1.35 bits per heavy atom. The molecule has 0 aromatic heterocycles. The van der Waals surface area contributed by atoms with E-state index in [1.54, 1.807) is 0 Å². The molecule has 2 unspecified atom stereocenters. The van der Waals surface area contributed by atoms with Gasteiger partial charge in [0.05, 0.1) is 4.90 Å². The Balaban J connectivity index is 2.19. The molecule has 1 aromatic rings. The molecule has 0 spiro atoms. The van der Waals surface area contributed by atoms with Crippen molar-refractivity contribution < 1.29 is 31.1 Å². The molecule has 10 heteroatoms. The summed E-state index contributed by atoms with van der Waals surface area (Å²) < 4.78 is 65.6. The molecule has 1 aliphatic heterocycles. The average molecular weight is 352 g/mol. The number of hydrogen-bond donors (Lipinski definition) is 2. The summed E-state index contributed by atoms with van der Waals surface area (Å²) in [5.41, 5.74) is 0.265. The molecule has 0 aliphatic carbocycles. The second-order valence-corrected chi connectivity index (χ2v) is 7.00. The third-order valence-electron chi connectivity index (χ3n) is 3.34. The lowest BCUT2D eigenvalue weighted by Crippen LogP contribution is -2.48. The van der Waals surface area contributed by atoms with Gasteiger partial charge in [-0.05, 0) is 31.0 Å². The highest BCUT2D eigenvalue weighted by molar-refractivity contribution is 7.92. The zero-order chi connectivity index (χ0) is 17.3. The van der Waals surface area contributed by atoms with Crippen LogP contribution in [0.5, 0.6) is 0 Å². The lowest BCUT2D eigenvalue weighted by atomic mass is 10.0. The summed E-state index contributed by atoms with van der Waals surface area (Å²) in [6.07, 6.45) is 0.372. The standard InChI is InChI=1S/C13H15F3N2O4S/c14-13(15,16)23(20,21)9-4-1-3-8(7-9)18-12(19)11-10(17)5-2-6-22-11/h1,3-4,7,10-11H,2,5-6,17H2,(H,18,19). The Hall–Kier alpha value is -1.65. The van der Waals surface area contributed by atoms with Crippen LogP contribution in [0.15, 0.2) is 29.2 Å². The number of sulfone groups is 1. The number of amides is 1. The quantitative estimate of drug-likeness (QED) is 0.857. The van der Waals surface area contributed by atoms with Crippen molar-refractivity contribution >= 4 is 21.4 Å². The molecule has 128 valence electrons. The molecule has 1 heterocycles. The minimum atomic E-state index is -5.48. The molecule has 1 aromatic carbocycles. The number of halogens is 3. The van der Waals surface area contributed by atoms with Crippen LogP contribution in [0.1, 0.15) is 12.8 Å². The van der Waals surface area contributed by atoms with Crippen molar-refractivity contribution in [2.45, 2.75) is 35.4 Å². The normalized spacial score (nSPS) is 22.6. The molecular weight excluding hydrogens is 337 g/mol. The highest BCUT2D eigenvalue weighted by Gasteiger charge is 2.46. The molecule has 0 saturated carbocycles. The Labute approximate surface area is 130 Å². The fraction of sp³-hybridized carbons (Fsp3) is 0.462. The molecule has 2 rings (SSSR count). The SMILES string of the molecule is NC1CCCOC1C(=O)Nc1cccc(S(=O)(=O)C(F)(F)F)c1. The van der Waals surface area contributed by atoms with E-state index in [2.05, 4.69) is 5.32 Å². The topological polar surface area (TPSA) is 98.5 Å². The van der Waals surface area contributed by atoms with E-state index in [9.17, 15) is 26.4 Å². The summed E-state index contributed by atoms with van der Waals surface area (Å²) in [7, 11) is -5.48. The molecule has 23 heavy (non-hydrogen) atoms. The third-order valence-corrected chi connectivity index (χ3v) is 4.83. The predicted molar refractivity (Wildman–Crippen MR) is 75.3 cm³/mol. The number of carbonyl (C=O) groups excluding carboxylic acids is 1. The van der Waals surface area contributed by atoms with Gasteiger partial charge in [0.25, 0.3) is 15.7 Å². The monoisotopic (exact) mass is 352 g/mol. The number of ether oxygens (including phenoxy) is 1. The zero-order valence-electron chi connectivity index (χ0n) is 11.8. The maximum Gasteiger partial charge on any atom is 0.501 e. The van der Waals surface area contributed by atoms with Gasteiger partial charge in [0, 0.05) is 18.3 Å². The number of alkyl halides is 3. The summed E-state index contributed by atoms with van der Waals surface area (Å²) in [5.74, 6) is -0.626. The number of benzene rings is 1. The minimum Gasteiger partial charge on any atom is -0.367 e. The maximum atomic E-state index is 12.5. The highest BCUT2D eigenvalue weighted by Crippen LogP contribution is 2.31. The molecule has 0 bridgehead atoms. The van der Waals surface area contributed by atoms with Gasteiger partial charge in [-0.1, -0.05) is 6.07 Å². The molecule has 1 amide bonds. The fourth-order valence-corrected chi connectivity index (χ4v) is 2.97. The Morgan fingerprint density at radius 2 is 2.04 bits per heavy atom. The van der Waals surface area contributed by atoms with Crippen LogP contribution in [0.2, 0.25) is 0 Å². The van der Waals surface area contributed by atoms with Crippen molar-refractivity contribution in [3.63, 3.8) is 0 Å². The first-order valence-corrected chi connectivity index (χ1v) is 8.21. The molecule has 1 aliphatic rings. The van der Waals surface area contributed by atoms with Crippen LogP contribution in [-0.4, -0.2) is 38.6 Å². The first-order valence-electron chi connectivity index (χ1n) is 6.72. The zero-order valence-corrected chi connectivity index (χ0v) is 12.7. The Bertz CT molecular complexity index is 691. The largest absolute Gasteiger partial charge is 0.501 e. The number of nitrogens with two attached hydrogens (primary N) is 1. The van der Waals surface area contributed by atoms with Crippen LogP contribution in [0.4, 0.5) is 18.9 Å². The number of nitrogens with one attached hydrogen (secondary N) is 1. The van der Waals surface area contributed by atoms with Gasteiger partial charge in [-0.25, -0.2) is 8.42 Å². The Kier molecular flexibility index (Phi) is 4.97. The third kappa shape index (κ3) is 3.82. The number of anilines is 1. The minimum absolute atomic E-state index is 0.0818. The molecule has 3 N–H and O–H groups in total. The lowest BCUT2D eigenvalue weighted by molar-refractivity contribution is -0.131. The van der Waals surface area contributed by atoms with Crippen molar-refractivity contribution in [1.29, 1.82) is 0 Å². The maximum absolute atomic E-state index is 12.5. The second kappa shape index (κ2) is 6.46. The average Bonchev–Trinajstić information content (AvgIpc) is 2.46. The van der Waals surface area contributed by atoms with Crippen molar-refractivity contribution in [2.75, 3.05) is 11.9 Å². The van der Waals surface area contributed by atoms with Crippen LogP contribution in [0.25, 0.3) is 0 Å². The summed E-state index contributed by atoms with van der Waals surface area (Å²) in [4.78, 5) is 11.1. The number of hydrogen-bond acceptors (Lipinski definition) is 5. The fourth-order valence-electron chi connectivity index (χ4n) is 2.16. The number of carbonyl (C=O) groups is 1. The highest BCUT2D eigenvalue weighted by atomic mass is 32.2. The van der Waals surface area contributed by atoms with E-state index in [1.807, 2.05) is 0 Å². The van der Waals surface area contributed by atoms with Gasteiger partial charge in [0.2, 0.25) is 0 Å². The van der Waals surface area contributed by atoms with Gasteiger partial charge in [-0.3, -0.25) is 4.79 Å². The van der Waals surface area contributed by atoms with Gasteiger partial charge < -0.3 is 15.8 Å². The molecule has 2 atom stereocenters. The molecule has 0 radical (unpaired) electrons. The van der Waals surface area contributed by atoms with E-state index in [-0.39, 0.29) is 5.69 Å². The molecule has 1 saturated heterocycles. The second-order valence-electron chi connectivity index (χ2n) is 5.06. The van der Waals surface area contributed by atoms with Gasteiger partial charge in [-0.15, -0.1) is 0 Å². The first kappa shape index (κ1) is 17.7. The smallest absolute Gasteiger partial charge is 0.367 e. The summed E-state index contributed by atoms with van der Waals surface area (Å²) in [6.45, 7) is 0.355. The molecule has 6 nitrogen and oxygen atoms in total. The van der Waals surface area contributed by atoms with E-state index < -0.39 is 38.3 Å². The number of rotatable bonds is 3. The van der Waals surface area contributed by atoms with Gasteiger partial charge in [-0.2, -0.15) is 13.2 Å². The van der Waals surface area contributed by atoms with E-state index in [4.69, 9.17) is 10.5 Å². The summed E-state index contributed by atoms with van der Waals surface area (Å²) in [6, 6.07) is 3.42. The molecule has 1 fully saturated rings. The van der Waals surface area contributed by atoms with E-state index >= 15 is 0 Å². The molecular formula is C13H15F3N2O4S. The first-order chi connectivity index (χ1) is 10.6. The van der Waals surface area contributed by atoms with Crippen LogP contribution in [-0.2, 0) is 19.4 Å². The summed E-state index contributed by atoms with van der Waals surface area (Å²) in [5, 5.41) is 2.33. The summed E-state index contributed by atoms with van der Waals surface area (Å²) >= 11 is 0. The van der Waals surface area contributed by atoms with Crippen molar-refractivity contribution in [2.24, 2.45) is 5.73 Å². The van der Waals surface area contributed by atoms with Crippen molar-refractivity contribution in [3.8, 4) is 0 Å². The Morgan fingerprint density at radius 3 is 2.65 bits per heavy atom. The lowest BCUT2D eigenvalue weighted by Gasteiger charge is -2.27. The van der Waals surface area contributed by atoms with Gasteiger partial charge in [0.1, 0.15) is 0 Å². The van der Waals surface area contributed by atoms with E-state index in [0.29, 0.717) is 19.4 Å². The van der Waals surface area contributed by atoms with Crippen LogP contribution < -0.4 is 11.1 Å².